The summed E-state index contributed by atoms with van der Waals surface area (Å²) in [6, 6.07) is 14.7. The Bertz CT molecular complexity index is 1350. The molecule has 0 aliphatic carbocycles. The largest absolute Gasteiger partial charge is 0.396 e. The number of hydrogen-bond donors (Lipinski definition) is 4. The highest BCUT2D eigenvalue weighted by Gasteiger charge is 2.17. The van der Waals surface area contributed by atoms with Gasteiger partial charge in [0.1, 0.15) is 11.4 Å². The van der Waals surface area contributed by atoms with E-state index in [-0.39, 0.29) is 18.1 Å². The second-order valence-corrected chi connectivity index (χ2v) is 7.73. The van der Waals surface area contributed by atoms with Crippen LogP contribution >= 0.6 is 11.6 Å². The highest BCUT2D eigenvalue weighted by atomic mass is 35.5. The summed E-state index contributed by atoms with van der Waals surface area (Å²) in [6.07, 6.45) is 1.56. The van der Waals surface area contributed by atoms with Crippen molar-refractivity contribution in [2.45, 2.75) is 12.8 Å². The molecule has 8 heteroatoms. The maximum Gasteiger partial charge on any atom is 0.261 e. The van der Waals surface area contributed by atoms with Crippen LogP contribution in [0.2, 0.25) is 5.02 Å². The van der Waals surface area contributed by atoms with E-state index in [0.717, 1.165) is 11.1 Å². The Balaban J connectivity index is 1.70. The predicted octanol–water partition coefficient (Wildman–Crippen LogP) is 3.94. The van der Waals surface area contributed by atoms with Crippen molar-refractivity contribution in [3.63, 3.8) is 0 Å². The van der Waals surface area contributed by atoms with E-state index in [9.17, 15) is 15.2 Å². The molecule has 0 aliphatic heterocycles. The minimum absolute atomic E-state index is 0.0768. The SMILES string of the molecule is Cc1cc(C#N)cc2[nH]c(-c3c(NC[C@@H](CO)c4cccc(Cl)c4)cc[nH]c3=O)nc12. The number of aromatic nitrogens is 3. The number of hydrogen-bond acceptors (Lipinski definition) is 5. The maximum absolute atomic E-state index is 12.7. The number of H-pyrrole nitrogens is 2. The molecule has 4 N–H and O–H groups in total. The van der Waals surface area contributed by atoms with Crippen LogP contribution in [0.25, 0.3) is 22.4 Å². The molecule has 156 valence electrons. The first-order chi connectivity index (χ1) is 15.0. The summed E-state index contributed by atoms with van der Waals surface area (Å²) in [5.74, 6) is 0.197. The smallest absolute Gasteiger partial charge is 0.261 e. The Labute approximate surface area is 183 Å². The molecule has 0 spiro atoms. The fraction of sp³-hybridized carbons (Fsp3) is 0.174. The second-order valence-electron chi connectivity index (χ2n) is 7.30. The third kappa shape index (κ3) is 4.17. The van der Waals surface area contributed by atoms with Crippen LogP contribution in [0.5, 0.6) is 0 Å². The number of anilines is 1. The average Bonchev–Trinajstić information content (AvgIpc) is 3.18. The normalized spacial score (nSPS) is 11.9. The van der Waals surface area contributed by atoms with Gasteiger partial charge in [-0.1, -0.05) is 23.7 Å². The van der Waals surface area contributed by atoms with Crippen LogP contribution in [-0.4, -0.2) is 33.2 Å². The molecular formula is C23H20ClN5O2. The Kier molecular flexibility index (Phi) is 5.76. The topological polar surface area (TPSA) is 118 Å². The summed E-state index contributed by atoms with van der Waals surface area (Å²) in [6.45, 7) is 2.19. The van der Waals surface area contributed by atoms with Gasteiger partial charge in [0.15, 0.2) is 0 Å². The van der Waals surface area contributed by atoms with Crippen molar-refractivity contribution >= 4 is 28.3 Å². The molecule has 2 heterocycles. The van der Waals surface area contributed by atoms with Gasteiger partial charge in [-0.05, 0) is 48.4 Å². The number of aromatic amines is 2. The molecule has 0 aliphatic rings. The molecule has 4 aromatic rings. The maximum atomic E-state index is 12.7. The lowest BCUT2D eigenvalue weighted by Gasteiger charge is -2.17. The van der Waals surface area contributed by atoms with E-state index in [0.29, 0.717) is 45.2 Å². The zero-order valence-electron chi connectivity index (χ0n) is 16.7. The minimum Gasteiger partial charge on any atom is -0.396 e. The standard InChI is InChI=1S/C23H20ClN5O2/c1-13-7-14(10-25)8-19-21(13)29-22(28-19)20-18(5-6-26-23(20)31)27-11-16(12-30)15-3-2-4-17(24)9-15/h2-9,16,30H,11-12H2,1H3,(H,28,29)(H2,26,27,31)/t16-/m0/s1. The van der Waals surface area contributed by atoms with Gasteiger partial charge in [0.2, 0.25) is 0 Å². The molecule has 4 rings (SSSR count). The number of fused-ring (bicyclic) bond motifs is 1. The molecule has 1 atom stereocenters. The lowest BCUT2D eigenvalue weighted by molar-refractivity contribution is 0.270. The van der Waals surface area contributed by atoms with E-state index in [4.69, 9.17) is 11.6 Å². The highest BCUT2D eigenvalue weighted by Crippen LogP contribution is 2.27. The van der Waals surface area contributed by atoms with Gasteiger partial charge in [-0.3, -0.25) is 4.79 Å². The van der Waals surface area contributed by atoms with Crippen molar-refractivity contribution < 1.29 is 5.11 Å². The Morgan fingerprint density at radius 2 is 2.13 bits per heavy atom. The van der Waals surface area contributed by atoms with E-state index in [1.165, 1.54) is 0 Å². The number of benzene rings is 2. The first-order valence-electron chi connectivity index (χ1n) is 9.73. The van der Waals surface area contributed by atoms with Crippen LogP contribution in [0.1, 0.15) is 22.6 Å². The number of nitrogens with one attached hydrogen (secondary N) is 3. The number of nitrogens with zero attached hydrogens (tertiary/aromatic N) is 2. The van der Waals surface area contributed by atoms with Gasteiger partial charge in [0.05, 0.1) is 35.0 Å². The van der Waals surface area contributed by atoms with Crippen LogP contribution in [0.4, 0.5) is 5.69 Å². The van der Waals surface area contributed by atoms with E-state index in [1.807, 2.05) is 25.1 Å². The van der Waals surface area contributed by atoms with Gasteiger partial charge < -0.3 is 20.4 Å². The van der Waals surface area contributed by atoms with Crippen molar-refractivity contribution in [3.05, 3.63) is 80.7 Å². The van der Waals surface area contributed by atoms with Crippen LogP contribution in [0.15, 0.2) is 53.5 Å². The molecule has 0 unspecified atom stereocenters. The number of aliphatic hydroxyl groups is 1. The lowest BCUT2D eigenvalue weighted by atomic mass is 10.00. The summed E-state index contributed by atoms with van der Waals surface area (Å²) < 4.78 is 0. The van der Waals surface area contributed by atoms with Crippen LogP contribution < -0.4 is 10.9 Å². The van der Waals surface area contributed by atoms with Crippen molar-refractivity contribution in [3.8, 4) is 17.5 Å². The molecule has 0 saturated heterocycles. The van der Waals surface area contributed by atoms with Crippen LogP contribution in [-0.2, 0) is 0 Å². The monoisotopic (exact) mass is 433 g/mol. The molecule has 31 heavy (non-hydrogen) atoms. The van der Waals surface area contributed by atoms with Crippen LogP contribution in [0.3, 0.4) is 0 Å². The molecule has 0 amide bonds. The van der Waals surface area contributed by atoms with Crippen molar-refractivity contribution in [1.82, 2.24) is 15.0 Å². The van der Waals surface area contributed by atoms with Crippen LogP contribution in [0, 0.1) is 18.3 Å². The van der Waals surface area contributed by atoms with Crippen molar-refractivity contribution in [2.75, 3.05) is 18.5 Å². The number of pyridine rings is 1. The number of nitriles is 1. The summed E-state index contributed by atoms with van der Waals surface area (Å²) in [7, 11) is 0. The summed E-state index contributed by atoms with van der Waals surface area (Å²) in [5.41, 5.74) is 4.31. The fourth-order valence-electron chi connectivity index (χ4n) is 3.62. The number of halogens is 1. The van der Waals surface area contributed by atoms with Gasteiger partial charge in [-0.15, -0.1) is 0 Å². The predicted molar refractivity (Wildman–Crippen MR) is 121 cm³/mol. The summed E-state index contributed by atoms with van der Waals surface area (Å²) in [4.78, 5) is 23.1. The zero-order valence-corrected chi connectivity index (χ0v) is 17.5. The highest BCUT2D eigenvalue weighted by molar-refractivity contribution is 6.30. The molecule has 0 saturated carbocycles. The van der Waals surface area contributed by atoms with Gasteiger partial charge in [0.25, 0.3) is 5.56 Å². The fourth-order valence-corrected chi connectivity index (χ4v) is 3.81. The molecule has 2 aromatic carbocycles. The molecular weight excluding hydrogens is 414 g/mol. The molecule has 7 nitrogen and oxygen atoms in total. The number of imidazole rings is 1. The Morgan fingerprint density at radius 1 is 1.29 bits per heavy atom. The Morgan fingerprint density at radius 3 is 2.87 bits per heavy atom. The van der Waals surface area contributed by atoms with E-state index in [1.54, 1.807) is 30.5 Å². The number of aryl methyl sites for hydroxylation is 1. The zero-order chi connectivity index (χ0) is 22.0. The van der Waals surface area contributed by atoms with Crippen molar-refractivity contribution in [2.24, 2.45) is 0 Å². The van der Waals surface area contributed by atoms with E-state index >= 15 is 0 Å². The number of rotatable bonds is 6. The molecule has 2 aromatic heterocycles. The van der Waals surface area contributed by atoms with E-state index in [2.05, 4.69) is 26.3 Å². The summed E-state index contributed by atoms with van der Waals surface area (Å²) in [5, 5.41) is 22.9. The first-order valence-corrected chi connectivity index (χ1v) is 10.1. The average molecular weight is 434 g/mol. The third-order valence-corrected chi connectivity index (χ3v) is 5.42. The number of aliphatic hydroxyl groups excluding tert-OH is 1. The van der Waals surface area contributed by atoms with Gasteiger partial charge in [0, 0.05) is 23.7 Å². The molecule has 0 fully saturated rings. The van der Waals surface area contributed by atoms with Gasteiger partial charge >= 0.3 is 0 Å². The molecule has 0 radical (unpaired) electrons. The summed E-state index contributed by atoms with van der Waals surface area (Å²) >= 11 is 6.08. The van der Waals surface area contributed by atoms with Gasteiger partial charge in [-0.2, -0.15) is 5.26 Å². The first kappa shape index (κ1) is 20.7. The van der Waals surface area contributed by atoms with Crippen molar-refractivity contribution in [1.29, 1.82) is 5.26 Å². The molecule has 0 bridgehead atoms. The van der Waals surface area contributed by atoms with E-state index < -0.39 is 0 Å². The van der Waals surface area contributed by atoms with Gasteiger partial charge in [-0.25, -0.2) is 4.98 Å². The second kappa shape index (κ2) is 8.64. The third-order valence-electron chi connectivity index (χ3n) is 5.18. The Hall–Kier alpha value is -3.60. The minimum atomic E-state index is -0.300. The lowest BCUT2D eigenvalue weighted by Crippen LogP contribution is -2.19. The quantitative estimate of drug-likeness (QED) is 0.367.